The molecule has 0 atom stereocenters. The van der Waals surface area contributed by atoms with Crippen LogP contribution in [-0.2, 0) is 4.79 Å². The zero-order chi connectivity index (χ0) is 11.8. The molecule has 0 saturated carbocycles. The minimum atomic E-state index is -0.558. The van der Waals surface area contributed by atoms with Crippen molar-refractivity contribution >= 4 is 11.9 Å². The molecule has 2 aliphatic rings. The van der Waals surface area contributed by atoms with Gasteiger partial charge in [0.25, 0.3) is 5.91 Å². The molecule has 5 nitrogen and oxygen atoms in total. The van der Waals surface area contributed by atoms with Crippen LogP contribution in [0.25, 0.3) is 0 Å². The van der Waals surface area contributed by atoms with Gasteiger partial charge < -0.3 is 10.6 Å². The Bertz CT molecular complexity index is 316. The van der Waals surface area contributed by atoms with Gasteiger partial charge in [0.2, 0.25) is 0 Å². The van der Waals surface area contributed by atoms with Crippen molar-refractivity contribution in [3.8, 4) is 0 Å². The lowest BCUT2D eigenvalue weighted by molar-refractivity contribution is -0.125. The quantitative estimate of drug-likeness (QED) is 0.689. The van der Waals surface area contributed by atoms with Gasteiger partial charge in [-0.25, -0.2) is 4.99 Å². The van der Waals surface area contributed by atoms with Gasteiger partial charge in [-0.3, -0.25) is 10.1 Å². The highest BCUT2D eigenvalue weighted by atomic mass is 16.2. The minimum absolute atomic E-state index is 0.0193. The molecule has 0 aromatic heterocycles. The van der Waals surface area contributed by atoms with E-state index in [0.717, 1.165) is 32.5 Å². The summed E-state index contributed by atoms with van der Waals surface area (Å²) in [5.41, 5.74) is 4.99. The van der Waals surface area contributed by atoms with E-state index in [0.29, 0.717) is 5.92 Å². The van der Waals surface area contributed by atoms with Crippen molar-refractivity contribution in [2.75, 3.05) is 19.6 Å². The number of amides is 1. The Hall–Kier alpha value is -1.10. The molecule has 0 aromatic carbocycles. The molecule has 1 fully saturated rings. The standard InChI is InChI=1S/C11H20N4O/c1-8(2)7-15-5-3-11(4-6-15)9(16)13-10(12)14-11/h8H,3-7H2,1-2H3,(H3,12,13,14,16). The third-order valence-corrected chi connectivity index (χ3v) is 3.31. The first-order valence-corrected chi connectivity index (χ1v) is 5.91. The summed E-state index contributed by atoms with van der Waals surface area (Å²) >= 11 is 0. The van der Waals surface area contributed by atoms with E-state index in [1.54, 1.807) is 0 Å². The molecule has 1 saturated heterocycles. The highest BCUT2D eigenvalue weighted by Gasteiger charge is 2.45. The Labute approximate surface area is 96.1 Å². The van der Waals surface area contributed by atoms with Gasteiger partial charge in [0.1, 0.15) is 5.54 Å². The topological polar surface area (TPSA) is 70.7 Å². The molecule has 0 unspecified atom stereocenters. The summed E-state index contributed by atoms with van der Waals surface area (Å²) in [5, 5.41) is 2.60. The Morgan fingerprint density at radius 1 is 1.50 bits per heavy atom. The molecule has 0 bridgehead atoms. The van der Waals surface area contributed by atoms with Crippen LogP contribution >= 0.6 is 0 Å². The largest absolute Gasteiger partial charge is 0.370 e. The number of piperidine rings is 1. The number of nitrogens with two attached hydrogens (primary N) is 1. The summed E-state index contributed by atoms with van der Waals surface area (Å²) in [7, 11) is 0. The molecule has 3 N–H and O–H groups in total. The minimum Gasteiger partial charge on any atom is -0.370 e. The first-order chi connectivity index (χ1) is 7.52. The number of hydrogen-bond acceptors (Lipinski definition) is 4. The Kier molecular flexibility index (Phi) is 2.88. The van der Waals surface area contributed by atoms with Gasteiger partial charge in [-0.15, -0.1) is 0 Å². The van der Waals surface area contributed by atoms with Crippen LogP contribution in [0.4, 0.5) is 0 Å². The van der Waals surface area contributed by atoms with E-state index in [9.17, 15) is 4.79 Å². The number of likely N-dealkylation sites (tertiary alicyclic amines) is 1. The highest BCUT2D eigenvalue weighted by Crippen LogP contribution is 2.29. The number of carbonyl (C=O) groups is 1. The van der Waals surface area contributed by atoms with Gasteiger partial charge in [-0.05, 0) is 18.8 Å². The number of nitrogens with one attached hydrogen (secondary N) is 1. The van der Waals surface area contributed by atoms with Crippen LogP contribution in [0.2, 0.25) is 0 Å². The molecule has 90 valence electrons. The fourth-order valence-electron chi connectivity index (χ4n) is 2.50. The SMILES string of the molecule is CC(C)CN1CCC2(CC1)N=C(N)NC2=O. The third-order valence-electron chi connectivity index (χ3n) is 3.31. The molecular weight excluding hydrogens is 204 g/mol. The number of nitrogens with zero attached hydrogens (tertiary/aromatic N) is 2. The Morgan fingerprint density at radius 3 is 2.56 bits per heavy atom. The van der Waals surface area contributed by atoms with Crippen LogP contribution in [0.3, 0.4) is 0 Å². The van der Waals surface area contributed by atoms with Crippen molar-refractivity contribution in [1.82, 2.24) is 10.2 Å². The molecule has 0 aliphatic carbocycles. The first-order valence-electron chi connectivity index (χ1n) is 5.91. The van der Waals surface area contributed by atoms with E-state index in [1.807, 2.05) is 0 Å². The summed E-state index contributed by atoms with van der Waals surface area (Å²) in [5.74, 6) is 0.927. The third kappa shape index (κ3) is 2.04. The van der Waals surface area contributed by atoms with E-state index in [1.165, 1.54) is 0 Å². The molecule has 1 spiro atoms. The van der Waals surface area contributed by atoms with Crippen LogP contribution in [0.15, 0.2) is 4.99 Å². The fourth-order valence-corrected chi connectivity index (χ4v) is 2.50. The van der Waals surface area contributed by atoms with E-state index >= 15 is 0 Å². The van der Waals surface area contributed by atoms with Gasteiger partial charge >= 0.3 is 0 Å². The second-order valence-corrected chi connectivity index (χ2v) is 5.18. The summed E-state index contributed by atoms with van der Waals surface area (Å²) in [4.78, 5) is 18.4. The maximum atomic E-state index is 11.8. The van der Waals surface area contributed by atoms with Crippen LogP contribution in [0.1, 0.15) is 26.7 Å². The second kappa shape index (κ2) is 4.05. The van der Waals surface area contributed by atoms with Crippen molar-refractivity contribution in [1.29, 1.82) is 0 Å². The molecule has 0 aromatic rings. The summed E-state index contributed by atoms with van der Waals surface area (Å²) in [6.07, 6.45) is 1.57. The molecular formula is C11H20N4O. The average Bonchev–Trinajstić information content (AvgIpc) is 2.45. The molecule has 2 rings (SSSR count). The monoisotopic (exact) mass is 224 g/mol. The summed E-state index contributed by atoms with van der Waals surface area (Å²) in [6, 6.07) is 0. The number of hydrogen-bond donors (Lipinski definition) is 2. The van der Waals surface area contributed by atoms with Gasteiger partial charge in [-0.1, -0.05) is 13.8 Å². The molecule has 1 amide bonds. The molecule has 2 aliphatic heterocycles. The van der Waals surface area contributed by atoms with Gasteiger partial charge in [-0.2, -0.15) is 0 Å². The number of guanidine groups is 1. The molecule has 16 heavy (non-hydrogen) atoms. The lowest BCUT2D eigenvalue weighted by Gasteiger charge is -2.36. The van der Waals surface area contributed by atoms with E-state index in [-0.39, 0.29) is 11.9 Å². The Morgan fingerprint density at radius 2 is 2.12 bits per heavy atom. The number of aliphatic imine (C=N–C) groups is 1. The molecule has 2 heterocycles. The van der Waals surface area contributed by atoms with Crippen molar-refractivity contribution < 1.29 is 4.79 Å². The lowest BCUT2D eigenvalue weighted by Crippen LogP contribution is -2.49. The number of carbonyl (C=O) groups excluding carboxylic acids is 1. The van der Waals surface area contributed by atoms with Gasteiger partial charge in [0, 0.05) is 19.6 Å². The lowest BCUT2D eigenvalue weighted by atomic mass is 9.88. The van der Waals surface area contributed by atoms with Crippen molar-refractivity contribution in [3.05, 3.63) is 0 Å². The fraction of sp³-hybridized carbons (Fsp3) is 0.818. The van der Waals surface area contributed by atoms with Gasteiger partial charge in [0.05, 0.1) is 0 Å². The van der Waals surface area contributed by atoms with Crippen molar-refractivity contribution in [2.45, 2.75) is 32.2 Å². The zero-order valence-corrected chi connectivity index (χ0v) is 9.99. The maximum absolute atomic E-state index is 11.8. The van der Waals surface area contributed by atoms with E-state index in [2.05, 4.69) is 29.1 Å². The van der Waals surface area contributed by atoms with E-state index < -0.39 is 5.54 Å². The van der Waals surface area contributed by atoms with Crippen LogP contribution < -0.4 is 11.1 Å². The summed E-state index contributed by atoms with van der Waals surface area (Å²) in [6.45, 7) is 7.38. The van der Waals surface area contributed by atoms with E-state index in [4.69, 9.17) is 5.73 Å². The summed E-state index contributed by atoms with van der Waals surface area (Å²) < 4.78 is 0. The zero-order valence-electron chi connectivity index (χ0n) is 9.99. The van der Waals surface area contributed by atoms with Crippen LogP contribution in [-0.4, -0.2) is 41.9 Å². The molecule has 5 heteroatoms. The maximum Gasteiger partial charge on any atom is 0.254 e. The van der Waals surface area contributed by atoms with Crippen LogP contribution in [0.5, 0.6) is 0 Å². The number of rotatable bonds is 2. The highest BCUT2D eigenvalue weighted by molar-refractivity contribution is 6.06. The first kappa shape index (κ1) is 11.4. The average molecular weight is 224 g/mol. The van der Waals surface area contributed by atoms with Gasteiger partial charge in [0.15, 0.2) is 5.96 Å². The Balaban J connectivity index is 1.97. The predicted molar refractivity (Wildman–Crippen MR) is 63.0 cm³/mol. The van der Waals surface area contributed by atoms with Crippen molar-refractivity contribution in [2.24, 2.45) is 16.6 Å². The van der Waals surface area contributed by atoms with Crippen molar-refractivity contribution in [3.63, 3.8) is 0 Å². The normalized spacial score (nSPS) is 24.9. The molecule has 0 radical (unpaired) electrons. The predicted octanol–water partition coefficient (Wildman–Crippen LogP) is -0.0785. The van der Waals surface area contributed by atoms with Crippen LogP contribution in [0, 0.1) is 5.92 Å². The second-order valence-electron chi connectivity index (χ2n) is 5.18. The smallest absolute Gasteiger partial charge is 0.254 e.